The molecule has 0 spiro atoms. The average molecular weight is 385 g/mol. The van der Waals surface area contributed by atoms with Gasteiger partial charge in [0, 0.05) is 30.6 Å². The number of nitrogens with zero attached hydrogens (tertiary/aromatic N) is 5. The highest BCUT2D eigenvalue weighted by atomic mass is 32.1. The SMILES string of the molecule is CCn1cnnc1CCNC(=O)N(Cc1ccccn1)Cc1sccc1C. The van der Waals surface area contributed by atoms with Crippen LogP contribution in [0.25, 0.3) is 0 Å². The highest BCUT2D eigenvalue weighted by molar-refractivity contribution is 7.10. The topological polar surface area (TPSA) is 75.9 Å². The van der Waals surface area contributed by atoms with Gasteiger partial charge in [-0.05, 0) is 43.0 Å². The Morgan fingerprint density at radius 3 is 2.89 bits per heavy atom. The number of urea groups is 1. The van der Waals surface area contributed by atoms with Gasteiger partial charge in [-0.3, -0.25) is 4.98 Å². The lowest BCUT2D eigenvalue weighted by Crippen LogP contribution is -2.40. The molecule has 0 atom stereocenters. The van der Waals surface area contributed by atoms with Gasteiger partial charge in [0.2, 0.25) is 0 Å². The lowest BCUT2D eigenvalue weighted by atomic mass is 10.2. The fourth-order valence-electron chi connectivity index (χ4n) is 2.76. The van der Waals surface area contributed by atoms with Gasteiger partial charge in [-0.15, -0.1) is 21.5 Å². The van der Waals surface area contributed by atoms with Crippen LogP contribution in [0.1, 0.15) is 28.9 Å². The summed E-state index contributed by atoms with van der Waals surface area (Å²) < 4.78 is 1.98. The molecule has 0 radical (unpaired) electrons. The van der Waals surface area contributed by atoms with Crippen molar-refractivity contribution in [3.05, 3.63) is 64.1 Å². The fraction of sp³-hybridized carbons (Fsp3) is 0.368. The number of carbonyl (C=O) groups is 1. The van der Waals surface area contributed by atoms with Crippen molar-refractivity contribution < 1.29 is 4.79 Å². The van der Waals surface area contributed by atoms with Crippen LogP contribution in [0.5, 0.6) is 0 Å². The first-order valence-electron chi connectivity index (χ1n) is 8.99. The summed E-state index contributed by atoms with van der Waals surface area (Å²) in [4.78, 5) is 20.2. The van der Waals surface area contributed by atoms with E-state index in [-0.39, 0.29) is 6.03 Å². The molecule has 0 unspecified atom stereocenters. The number of pyridine rings is 1. The first-order valence-corrected chi connectivity index (χ1v) is 9.87. The number of carbonyl (C=O) groups excluding carboxylic acids is 1. The summed E-state index contributed by atoms with van der Waals surface area (Å²) in [5.74, 6) is 0.878. The second kappa shape index (κ2) is 9.27. The third-order valence-electron chi connectivity index (χ3n) is 4.33. The van der Waals surface area contributed by atoms with Crippen LogP contribution >= 0.6 is 11.3 Å². The monoisotopic (exact) mass is 384 g/mol. The minimum atomic E-state index is -0.101. The van der Waals surface area contributed by atoms with Crippen molar-refractivity contribution in [3.8, 4) is 0 Å². The summed E-state index contributed by atoms with van der Waals surface area (Å²) >= 11 is 1.67. The highest BCUT2D eigenvalue weighted by Gasteiger charge is 2.17. The van der Waals surface area contributed by atoms with Gasteiger partial charge < -0.3 is 14.8 Å². The molecule has 0 aliphatic heterocycles. The van der Waals surface area contributed by atoms with Crippen molar-refractivity contribution in [1.29, 1.82) is 0 Å². The van der Waals surface area contributed by atoms with E-state index in [4.69, 9.17) is 0 Å². The molecule has 0 fully saturated rings. The first kappa shape index (κ1) is 19.0. The number of rotatable bonds is 8. The van der Waals surface area contributed by atoms with Crippen molar-refractivity contribution in [2.45, 2.75) is 39.9 Å². The predicted molar refractivity (Wildman–Crippen MR) is 105 cm³/mol. The van der Waals surface area contributed by atoms with Crippen LogP contribution in [0.15, 0.2) is 42.2 Å². The van der Waals surface area contributed by atoms with Crippen LogP contribution in [-0.4, -0.2) is 37.2 Å². The van der Waals surface area contributed by atoms with Gasteiger partial charge in [-0.1, -0.05) is 6.07 Å². The second-order valence-corrected chi connectivity index (χ2v) is 7.22. The Bertz CT molecular complexity index is 860. The van der Waals surface area contributed by atoms with Crippen LogP contribution < -0.4 is 5.32 Å². The quantitative estimate of drug-likeness (QED) is 0.648. The minimum absolute atomic E-state index is 0.101. The number of thiophene rings is 1. The van der Waals surface area contributed by atoms with Gasteiger partial charge in [-0.25, -0.2) is 4.79 Å². The maximum Gasteiger partial charge on any atom is 0.318 e. The van der Waals surface area contributed by atoms with Gasteiger partial charge in [0.25, 0.3) is 0 Å². The van der Waals surface area contributed by atoms with E-state index in [0.29, 0.717) is 26.1 Å². The van der Waals surface area contributed by atoms with Crippen molar-refractivity contribution in [3.63, 3.8) is 0 Å². The lowest BCUT2D eigenvalue weighted by molar-refractivity contribution is 0.192. The van der Waals surface area contributed by atoms with Gasteiger partial charge in [-0.2, -0.15) is 0 Å². The first-order chi connectivity index (χ1) is 13.2. The Labute approximate surface area is 163 Å². The zero-order valence-electron chi connectivity index (χ0n) is 15.6. The molecule has 3 aromatic heterocycles. The van der Waals surface area contributed by atoms with Gasteiger partial charge in [0.15, 0.2) is 0 Å². The largest absolute Gasteiger partial charge is 0.338 e. The zero-order valence-corrected chi connectivity index (χ0v) is 16.4. The summed E-state index contributed by atoms with van der Waals surface area (Å²) in [6.45, 7) is 6.48. The smallest absolute Gasteiger partial charge is 0.318 e. The molecule has 0 aliphatic rings. The van der Waals surface area contributed by atoms with Crippen LogP contribution in [0.4, 0.5) is 4.79 Å². The standard InChI is InChI=1S/C19H24N6OS/c1-3-24-14-22-23-18(24)7-10-21-19(26)25(12-16-6-4-5-9-20-16)13-17-15(2)8-11-27-17/h4-6,8-9,11,14H,3,7,10,12-13H2,1-2H3,(H,21,26). The van der Waals surface area contributed by atoms with Crippen LogP contribution in [-0.2, 0) is 26.1 Å². The van der Waals surface area contributed by atoms with Crippen LogP contribution in [0, 0.1) is 6.92 Å². The van der Waals surface area contributed by atoms with Crippen LogP contribution in [0.3, 0.4) is 0 Å². The third kappa shape index (κ3) is 5.13. The number of nitrogens with one attached hydrogen (secondary N) is 1. The maximum absolute atomic E-state index is 12.8. The number of amides is 2. The van der Waals surface area contributed by atoms with Crippen molar-refractivity contribution >= 4 is 17.4 Å². The molecule has 3 rings (SSSR count). The Morgan fingerprint density at radius 1 is 1.30 bits per heavy atom. The van der Waals surface area contributed by atoms with E-state index in [0.717, 1.165) is 18.1 Å². The van der Waals surface area contributed by atoms with E-state index in [2.05, 4.69) is 38.9 Å². The third-order valence-corrected chi connectivity index (χ3v) is 5.34. The van der Waals surface area contributed by atoms with E-state index >= 15 is 0 Å². The summed E-state index contributed by atoms with van der Waals surface area (Å²) in [5.41, 5.74) is 2.07. The van der Waals surface area contributed by atoms with Gasteiger partial charge in [0.05, 0.1) is 18.8 Å². The molecule has 3 aromatic rings. The summed E-state index contributed by atoms with van der Waals surface area (Å²) in [6.07, 6.45) is 4.11. The molecule has 0 saturated heterocycles. The summed E-state index contributed by atoms with van der Waals surface area (Å²) in [5, 5.41) is 13.1. The van der Waals surface area contributed by atoms with Crippen molar-refractivity contribution in [2.24, 2.45) is 0 Å². The predicted octanol–water partition coefficient (Wildman–Crippen LogP) is 3.02. The average Bonchev–Trinajstić information content (AvgIpc) is 3.30. The molecule has 2 amide bonds. The van der Waals surface area contributed by atoms with Gasteiger partial charge in [0.1, 0.15) is 12.2 Å². The van der Waals surface area contributed by atoms with Crippen molar-refractivity contribution in [2.75, 3.05) is 6.54 Å². The van der Waals surface area contributed by atoms with Crippen molar-refractivity contribution in [1.82, 2.24) is 30.0 Å². The molecular formula is C19H24N6OS. The minimum Gasteiger partial charge on any atom is -0.338 e. The van der Waals surface area contributed by atoms with Gasteiger partial charge >= 0.3 is 6.03 Å². The number of hydrogen-bond acceptors (Lipinski definition) is 5. The Kier molecular flexibility index (Phi) is 6.54. The highest BCUT2D eigenvalue weighted by Crippen LogP contribution is 2.19. The molecule has 3 heterocycles. The Morgan fingerprint density at radius 2 is 2.19 bits per heavy atom. The number of aromatic nitrogens is 4. The number of aryl methyl sites for hydroxylation is 2. The Hall–Kier alpha value is -2.74. The molecule has 0 bridgehead atoms. The summed E-state index contributed by atoms with van der Waals surface area (Å²) in [6, 6.07) is 7.73. The second-order valence-electron chi connectivity index (χ2n) is 6.22. The van der Waals surface area contributed by atoms with E-state index in [1.165, 1.54) is 10.4 Å². The number of hydrogen-bond donors (Lipinski definition) is 1. The summed E-state index contributed by atoms with van der Waals surface area (Å²) in [7, 11) is 0. The molecule has 142 valence electrons. The molecule has 0 aliphatic carbocycles. The van der Waals surface area contributed by atoms with E-state index in [1.54, 1.807) is 28.8 Å². The van der Waals surface area contributed by atoms with E-state index in [1.807, 2.05) is 29.7 Å². The van der Waals surface area contributed by atoms with Crippen LogP contribution in [0.2, 0.25) is 0 Å². The molecule has 7 nitrogen and oxygen atoms in total. The zero-order chi connectivity index (χ0) is 19.1. The van der Waals surface area contributed by atoms with E-state index in [9.17, 15) is 4.79 Å². The molecule has 0 saturated carbocycles. The molecular weight excluding hydrogens is 360 g/mol. The Balaban J connectivity index is 1.63. The maximum atomic E-state index is 12.8. The lowest BCUT2D eigenvalue weighted by Gasteiger charge is -2.22. The van der Waals surface area contributed by atoms with E-state index < -0.39 is 0 Å². The fourth-order valence-corrected chi connectivity index (χ4v) is 3.68. The molecule has 0 aromatic carbocycles. The molecule has 8 heteroatoms. The molecule has 27 heavy (non-hydrogen) atoms. The molecule has 1 N–H and O–H groups in total. The normalized spacial score (nSPS) is 10.7.